The minimum absolute atomic E-state index is 0.00503. The molecule has 0 radical (unpaired) electrons. The van der Waals surface area contributed by atoms with Gasteiger partial charge in [-0.25, -0.2) is 0 Å². The van der Waals surface area contributed by atoms with E-state index in [0.29, 0.717) is 22.8 Å². The molecule has 1 aromatic heterocycles. The third kappa shape index (κ3) is 4.54. The van der Waals surface area contributed by atoms with Crippen molar-refractivity contribution in [1.82, 2.24) is 20.2 Å². The van der Waals surface area contributed by atoms with Crippen LogP contribution in [0.3, 0.4) is 0 Å². The van der Waals surface area contributed by atoms with Crippen LogP contribution in [0.5, 0.6) is 0 Å². The second-order valence-electron chi connectivity index (χ2n) is 5.52. The maximum Gasteiger partial charge on any atom is 0.234 e. The Morgan fingerprint density at radius 1 is 1.08 bits per heavy atom. The van der Waals surface area contributed by atoms with Crippen molar-refractivity contribution in [2.75, 3.05) is 11.1 Å². The van der Waals surface area contributed by atoms with Crippen LogP contribution in [0.15, 0.2) is 54.6 Å². The number of tetrazole rings is 1. The van der Waals surface area contributed by atoms with E-state index < -0.39 is 0 Å². The minimum Gasteiger partial charge on any atom is -0.325 e. The number of nitrogens with one attached hydrogen (secondary N) is 1. The monoisotopic (exact) mass is 367 g/mol. The number of amides is 1. The van der Waals surface area contributed by atoms with Crippen molar-refractivity contribution in [3.05, 3.63) is 66.0 Å². The number of carbonyl (C=O) groups is 2. The van der Waals surface area contributed by atoms with Gasteiger partial charge in [-0.15, -0.1) is 16.9 Å². The molecule has 2 aromatic carbocycles. The van der Waals surface area contributed by atoms with Gasteiger partial charge in [0, 0.05) is 11.3 Å². The number of carbonyl (C=O) groups excluding carboxylic acids is 2. The van der Waals surface area contributed by atoms with E-state index in [1.807, 2.05) is 30.3 Å². The molecule has 7 nitrogen and oxygen atoms in total. The average Bonchev–Trinajstić information content (AvgIpc) is 3.11. The van der Waals surface area contributed by atoms with Gasteiger partial charge in [0.15, 0.2) is 11.6 Å². The Kier molecular flexibility index (Phi) is 5.75. The van der Waals surface area contributed by atoms with Crippen molar-refractivity contribution in [2.24, 2.45) is 0 Å². The highest BCUT2D eigenvalue weighted by molar-refractivity contribution is 7.99. The van der Waals surface area contributed by atoms with Crippen LogP contribution >= 0.6 is 11.8 Å². The summed E-state index contributed by atoms with van der Waals surface area (Å²) in [5.41, 5.74) is 2.16. The number of para-hydroxylation sites is 1. The zero-order chi connectivity index (χ0) is 18.4. The standard InChI is InChI=1S/C18H17N5O2S/c1-13(24)14-7-9-15(10-8-14)19-18(25)12-26-11-17-20-21-22-23(17)16-5-3-2-4-6-16/h2-10H,11-12H2,1H3,(H,19,25). The van der Waals surface area contributed by atoms with Crippen LogP contribution in [0.4, 0.5) is 5.69 Å². The number of hydrogen-bond donors (Lipinski definition) is 1. The highest BCUT2D eigenvalue weighted by Crippen LogP contribution is 2.15. The number of hydrogen-bond acceptors (Lipinski definition) is 6. The lowest BCUT2D eigenvalue weighted by Crippen LogP contribution is -2.14. The first-order valence-corrected chi connectivity index (χ1v) is 9.10. The zero-order valence-corrected chi connectivity index (χ0v) is 14.9. The molecule has 132 valence electrons. The predicted octanol–water partition coefficient (Wildman–Crippen LogP) is 2.74. The summed E-state index contributed by atoms with van der Waals surface area (Å²) in [5, 5.41) is 14.5. The summed E-state index contributed by atoms with van der Waals surface area (Å²) < 4.78 is 1.66. The summed E-state index contributed by atoms with van der Waals surface area (Å²) >= 11 is 1.43. The van der Waals surface area contributed by atoms with Gasteiger partial charge in [-0.05, 0) is 53.7 Å². The maximum absolute atomic E-state index is 12.1. The first kappa shape index (κ1) is 17.8. The van der Waals surface area contributed by atoms with Gasteiger partial charge in [-0.2, -0.15) is 4.68 Å². The second kappa shape index (κ2) is 8.39. The molecule has 8 heteroatoms. The fourth-order valence-electron chi connectivity index (χ4n) is 2.29. The van der Waals surface area contributed by atoms with Crippen molar-refractivity contribution in [1.29, 1.82) is 0 Å². The van der Waals surface area contributed by atoms with Crippen LogP contribution in [-0.2, 0) is 10.5 Å². The Balaban J connectivity index is 1.52. The van der Waals surface area contributed by atoms with Gasteiger partial charge in [-0.3, -0.25) is 9.59 Å². The van der Waals surface area contributed by atoms with Crippen LogP contribution in [0.1, 0.15) is 23.1 Å². The molecule has 0 aliphatic carbocycles. The number of anilines is 1. The third-order valence-electron chi connectivity index (χ3n) is 3.57. The molecule has 0 aliphatic heterocycles. The Labute approximate surface area is 154 Å². The lowest BCUT2D eigenvalue weighted by Gasteiger charge is -2.06. The molecule has 1 heterocycles. The summed E-state index contributed by atoms with van der Waals surface area (Å²) in [4.78, 5) is 23.3. The normalized spacial score (nSPS) is 10.5. The van der Waals surface area contributed by atoms with Gasteiger partial charge in [0.2, 0.25) is 5.91 Å². The van der Waals surface area contributed by atoms with Crippen LogP contribution in [-0.4, -0.2) is 37.7 Å². The molecule has 0 aliphatic rings. The number of nitrogens with zero attached hydrogens (tertiary/aromatic N) is 4. The topological polar surface area (TPSA) is 89.8 Å². The van der Waals surface area contributed by atoms with Gasteiger partial charge in [0.1, 0.15) is 0 Å². The average molecular weight is 367 g/mol. The Bertz CT molecular complexity index is 893. The molecule has 0 bridgehead atoms. The number of Topliss-reactive ketones (excluding diaryl/α,β-unsaturated/α-hetero) is 1. The van der Waals surface area contributed by atoms with Crippen molar-refractivity contribution in [2.45, 2.75) is 12.7 Å². The number of aromatic nitrogens is 4. The highest BCUT2D eigenvalue weighted by Gasteiger charge is 2.10. The largest absolute Gasteiger partial charge is 0.325 e. The molecular formula is C18H17N5O2S. The molecule has 0 unspecified atom stereocenters. The van der Waals surface area contributed by atoms with Crippen LogP contribution in [0.2, 0.25) is 0 Å². The summed E-state index contributed by atoms with van der Waals surface area (Å²) in [6.45, 7) is 1.51. The highest BCUT2D eigenvalue weighted by atomic mass is 32.2. The molecule has 3 rings (SSSR count). The zero-order valence-electron chi connectivity index (χ0n) is 14.1. The molecule has 0 atom stereocenters. The number of rotatable bonds is 7. The molecule has 1 N–H and O–H groups in total. The van der Waals surface area contributed by atoms with E-state index in [-0.39, 0.29) is 17.4 Å². The van der Waals surface area contributed by atoms with Crippen molar-refractivity contribution in [3.63, 3.8) is 0 Å². The van der Waals surface area contributed by atoms with E-state index in [1.54, 1.807) is 28.9 Å². The quantitative estimate of drug-likeness (QED) is 0.646. The third-order valence-corrected chi connectivity index (χ3v) is 4.50. The summed E-state index contributed by atoms with van der Waals surface area (Å²) in [7, 11) is 0. The Morgan fingerprint density at radius 2 is 1.81 bits per heavy atom. The summed E-state index contributed by atoms with van der Waals surface area (Å²) in [6, 6.07) is 16.4. The molecule has 0 saturated heterocycles. The van der Waals surface area contributed by atoms with Crippen molar-refractivity contribution < 1.29 is 9.59 Å². The lowest BCUT2D eigenvalue weighted by molar-refractivity contribution is -0.113. The van der Waals surface area contributed by atoms with E-state index in [1.165, 1.54) is 18.7 Å². The number of benzene rings is 2. The summed E-state index contributed by atoms with van der Waals surface area (Å²) in [6.07, 6.45) is 0. The SMILES string of the molecule is CC(=O)c1ccc(NC(=O)CSCc2nnnn2-c2ccccc2)cc1. The van der Waals surface area contributed by atoms with E-state index >= 15 is 0 Å². The number of thioether (sulfide) groups is 1. The minimum atomic E-state index is -0.121. The van der Waals surface area contributed by atoms with E-state index in [2.05, 4.69) is 20.8 Å². The fourth-order valence-corrected chi connectivity index (χ4v) is 3.01. The first-order chi connectivity index (χ1) is 12.6. The molecule has 0 spiro atoms. The molecule has 1 amide bonds. The fraction of sp³-hybridized carbons (Fsp3) is 0.167. The Hall–Kier alpha value is -3.00. The van der Waals surface area contributed by atoms with Crippen molar-refractivity contribution >= 4 is 29.1 Å². The van der Waals surface area contributed by atoms with Crippen molar-refractivity contribution in [3.8, 4) is 5.69 Å². The molecule has 26 heavy (non-hydrogen) atoms. The van der Waals surface area contributed by atoms with E-state index in [4.69, 9.17) is 0 Å². The van der Waals surface area contributed by atoms with Gasteiger partial charge in [0.25, 0.3) is 0 Å². The Morgan fingerprint density at radius 3 is 2.50 bits per heavy atom. The summed E-state index contributed by atoms with van der Waals surface area (Å²) in [5.74, 6) is 1.34. The van der Waals surface area contributed by atoms with Gasteiger partial charge in [-0.1, -0.05) is 18.2 Å². The van der Waals surface area contributed by atoms with E-state index in [9.17, 15) is 9.59 Å². The maximum atomic E-state index is 12.1. The van der Waals surface area contributed by atoms with Gasteiger partial charge >= 0.3 is 0 Å². The van der Waals surface area contributed by atoms with E-state index in [0.717, 1.165) is 5.69 Å². The predicted molar refractivity (Wildman–Crippen MR) is 100 cm³/mol. The number of ketones is 1. The first-order valence-electron chi connectivity index (χ1n) is 7.95. The molecule has 0 saturated carbocycles. The molecule has 3 aromatic rings. The second-order valence-corrected chi connectivity index (χ2v) is 6.50. The molecular weight excluding hydrogens is 350 g/mol. The van der Waals surface area contributed by atoms with Gasteiger partial charge < -0.3 is 5.32 Å². The van der Waals surface area contributed by atoms with Gasteiger partial charge in [0.05, 0.1) is 17.2 Å². The lowest BCUT2D eigenvalue weighted by atomic mass is 10.1. The smallest absolute Gasteiger partial charge is 0.234 e. The van der Waals surface area contributed by atoms with Crippen LogP contribution in [0, 0.1) is 0 Å². The van der Waals surface area contributed by atoms with Crippen LogP contribution < -0.4 is 5.32 Å². The molecule has 0 fully saturated rings. The van der Waals surface area contributed by atoms with Crippen LogP contribution in [0.25, 0.3) is 5.69 Å².